The van der Waals surface area contributed by atoms with Gasteiger partial charge in [-0.05, 0) is 47.9 Å². The van der Waals surface area contributed by atoms with Gasteiger partial charge in [-0.2, -0.15) is 0 Å². The van der Waals surface area contributed by atoms with Crippen LogP contribution in [0.5, 0.6) is 5.75 Å². The molecule has 0 unspecified atom stereocenters. The maximum Gasteiger partial charge on any atom is 0.343 e. The highest BCUT2D eigenvalue weighted by Crippen LogP contribution is 2.32. The van der Waals surface area contributed by atoms with Gasteiger partial charge in [-0.1, -0.05) is 68.4 Å². The highest BCUT2D eigenvalue weighted by molar-refractivity contribution is 5.90. The molecule has 28 heavy (non-hydrogen) atoms. The molecule has 0 saturated heterocycles. The first kappa shape index (κ1) is 19.6. The second-order valence-corrected chi connectivity index (χ2v) is 7.48. The third-order valence-corrected chi connectivity index (χ3v) is 4.92. The monoisotopic (exact) mass is 372 g/mol. The van der Waals surface area contributed by atoms with Crippen LogP contribution in [0.4, 0.5) is 0 Å². The molecule has 3 rings (SSSR count). The van der Waals surface area contributed by atoms with E-state index < -0.39 is 0 Å². The fraction of sp³-hybridized carbons (Fsp3) is 0.200. The molecule has 0 saturated carbocycles. The van der Waals surface area contributed by atoms with E-state index in [0.717, 1.165) is 16.7 Å². The van der Waals surface area contributed by atoms with Gasteiger partial charge in [0.05, 0.1) is 5.56 Å². The van der Waals surface area contributed by atoms with Crippen molar-refractivity contribution in [3.63, 3.8) is 0 Å². The van der Waals surface area contributed by atoms with Gasteiger partial charge in [-0.15, -0.1) is 0 Å². The summed E-state index contributed by atoms with van der Waals surface area (Å²) >= 11 is 0. The molecule has 0 aliphatic heterocycles. The van der Waals surface area contributed by atoms with E-state index in [0.29, 0.717) is 17.7 Å². The second-order valence-electron chi connectivity index (χ2n) is 7.48. The van der Waals surface area contributed by atoms with E-state index in [4.69, 9.17) is 4.74 Å². The van der Waals surface area contributed by atoms with Crippen molar-refractivity contribution in [3.8, 4) is 5.75 Å². The van der Waals surface area contributed by atoms with Gasteiger partial charge in [0.1, 0.15) is 11.5 Å². The Morgan fingerprint density at radius 3 is 1.86 bits per heavy atom. The van der Waals surface area contributed by atoms with Crippen LogP contribution in [0.1, 0.15) is 47.8 Å². The van der Waals surface area contributed by atoms with Crippen LogP contribution in [0.2, 0.25) is 0 Å². The molecule has 0 bridgehead atoms. The highest BCUT2D eigenvalue weighted by atomic mass is 16.5. The third-order valence-electron chi connectivity index (χ3n) is 4.92. The molecule has 0 spiro atoms. The molecule has 0 N–H and O–H groups in total. The van der Waals surface area contributed by atoms with Gasteiger partial charge in [0, 0.05) is 11.8 Å². The van der Waals surface area contributed by atoms with Crippen molar-refractivity contribution in [1.29, 1.82) is 0 Å². The third kappa shape index (κ3) is 4.55. The van der Waals surface area contributed by atoms with Crippen LogP contribution in [-0.4, -0.2) is 11.8 Å². The quantitative estimate of drug-likeness (QED) is 0.432. The number of hydrogen-bond acceptors (Lipinski definition) is 3. The van der Waals surface area contributed by atoms with Crippen molar-refractivity contribution in [2.24, 2.45) is 0 Å². The molecule has 0 heterocycles. The van der Waals surface area contributed by atoms with Gasteiger partial charge < -0.3 is 4.74 Å². The summed E-state index contributed by atoms with van der Waals surface area (Å²) in [7, 11) is 0. The van der Waals surface area contributed by atoms with Gasteiger partial charge in [0.2, 0.25) is 0 Å². The summed E-state index contributed by atoms with van der Waals surface area (Å²) in [5.41, 5.74) is 3.62. The first-order chi connectivity index (χ1) is 13.4. The van der Waals surface area contributed by atoms with E-state index in [1.165, 1.54) is 0 Å². The number of hydrogen-bond donors (Lipinski definition) is 0. The Labute approximate surface area is 166 Å². The SMILES string of the molecule is CC(=O)Cc1ccc(C(C)(C)c2ccc(OC(=O)c3ccccc3)cc2)cc1. The second kappa shape index (κ2) is 8.22. The topological polar surface area (TPSA) is 43.4 Å². The van der Waals surface area contributed by atoms with Crippen LogP contribution in [0.3, 0.4) is 0 Å². The number of benzene rings is 3. The maximum absolute atomic E-state index is 12.2. The average molecular weight is 372 g/mol. The van der Waals surface area contributed by atoms with Crippen molar-refractivity contribution in [1.82, 2.24) is 0 Å². The normalized spacial score (nSPS) is 11.1. The Kier molecular flexibility index (Phi) is 5.74. The summed E-state index contributed by atoms with van der Waals surface area (Å²) in [6.45, 7) is 5.90. The molecule has 0 atom stereocenters. The Morgan fingerprint density at radius 1 is 0.786 bits per heavy atom. The lowest BCUT2D eigenvalue weighted by molar-refractivity contribution is -0.116. The minimum Gasteiger partial charge on any atom is -0.423 e. The fourth-order valence-electron chi connectivity index (χ4n) is 3.17. The van der Waals surface area contributed by atoms with E-state index in [1.807, 2.05) is 54.6 Å². The Hall–Kier alpha value is -3.20. The molecule has 3 aromatic rings. The minimum atomic E-state index is -0.367. The van der Waals surface area contributed by atoms with Crippen LogP contribution in [0.25, 0.3) is 0 Å². The molecule has 142 valence electrons. The number of ether oxygens (including phenoxy) is 1. The number of ketones is 1. The minimum absolute atomic E-state index is 0.160. The van der Waals surface area contributed by atoms with E-state index in [9.17, 15) is 9.59 Å². The van der Waals surface area contributed by atoms with Crippen LogP contribution in [0.15, 0.2) is 78.9 Å². The van der Waals surface area contributed by atoms with Gasteiger partial charge in [0.15, 0.2) is 0 Å². The zero-order valence-corrected chi connectivity index (χ0v) is 16.4. The van der Waals surface area contributed by atoms with E-state index in [-0.39, 0.29) is 17.2 Å². The van der Waals surface area contributed by atoms with Crippen molar-refractivity contribution >= 4 is 11.8 Å². The Bertz CT molecular complexity index is 953. The number of carbonyl (C=O) groups excluding carboxylic acids is 2. The number of esters is 1. The molecule has 0 aromatic heterocycles. The van der Waals surface area contributed by atoms with Crippen molar-refractivity contribution < 1.29 is 14.3 Å². The highest BCUT2D eigenvalue weighted by Gasteiger charge is 2.23. The van der Waals surface area contributed by atoms with E-state index in [2.05, 4.69) is 26.0 Å². The first-order valence-corrected chi connectivity index (χ1v) is 9.33. The maximum atomic E-state index is 12.2. The fourth-order valence-corrected chi connectivity index (χ4v) is 3.17. The van der Waals surface area contributed by atoms with Crippen molar-refractivity contribution in [2.75, 3.05) is 0 Å². The average Bonchev–Trinajstić information content (AvgIpc) is 2.69. The zero-order valence-electron chi connectivity index (χ0n) is 16.4. The predicted molar refractivity (Wildman–Crippen MR) is 111 cm³/mol. The predicted octanol–water partition coefficient (Wildman–Crippen LogP) is 5.36. The molecule has 3 heteroatoms. The van der Waals surface area contributed by atoms with Crippen molar-refractivity contribution in [2.45, 2.75) is 32.6 Å². The standard InChI is InChI=1S/C25H24O3/c1-18(26)17-19-9-11-21(12-10-19)25(2,3)22-13-15-23(16-14-22)28-24(27)20-7-5-4-6-8-20/h4-16H,17H2,1-3H3. The summed E-state index contributed by atoms with van der Waals surface area (Å²) < 4.78 is 5.46. The molecule has 0 aliphatic carbocycles. The van der Waals surface area contributed by atoms with Crippen LogP contribution < -0.4 is 4.74 Å². The number of Topliss-reactive ketones (excluding diaryl/α,β-unsaturated/α-hetero) is 1. The van der Waals surface area contributed by atoms with Gasteiger partial charge in [0.25, 0.3) is 0 Å². The number of carbonyl (C=O) groups is 2. The molecule has 3 nitrogen and oxygen atoms in total. The summed E-state index contributed by atoms with van der Waals surface area (Å²) in [4.78, 5) is 23.5. The molecule has 0 fully saturated rings. The lowest BCUT2D eigenvalue weighted by Crippen LogP contribution is -2.19. The number of rotatable bonds is 6. The summed E-state index contributed by atoms with van der Waals surface area (Å²) in [6, 6.07) is 24.7. The smallest absolute Gasteiger partial charge is 0.343 e. The van der Waals surface area contributed by atoms with Crippen LogP contribution >= 0.6 is 0 Å². The lowest BCUT2D eigenvalue weighted by atomic mass is 9.78. The van der Waals surface area contributed by atoms with E-state index in [1.54, 1.807) is 19.1 Å². The van der Waals surface area contributed by atoms with Crippen LogP contribution in [-0.2, 0) is 16.6 Å². The lowest BCUT2D eigenvalue weighted by Gasteiger charge is -2.26. The molecular weight excluding hydrogens is 348 g/mol. The molecule has 0 aliphatic rings. The van der Waals surface area contributed by atoms with Gasteiger partial charge in [-0.3, -0.25) is 4.79 Å². The zero-order chi connectivity index (χ0) is 20.1. The Morgan fingerprint density at radius 2 is 1.32 bits per heavy atom. The summed E-state index contributed by atoms with van der Waals surface area (Å²) in [5, 5.41) is 0. The van der Waals surface area contributed by atoms with Gasteiger partial charge in [-0.25, -0.2) is 4.79 Å². The van der Waals surface area contributed by atoms with Gasteiger partial charge >= 0.3 is 5.97 Å². The molecular formula is C25H24O3. The van der Waals surface area contributed by atoms with E-state index >= 15 is 0 Å². The largest absolute Gasteiger partial charge is 0.423 e. The summed E-state index contributed by atoms with van der Waals surface area (Å²) in [5.74, 6) is 0.312. The molecule has 3 aromatic carbocycles. The molecule has 0 amide bonds. The molecule has 0 radical (unpaired) electrons. The van der Waals surface area contributed by atoms with Crippen LogP contribution in [0, 0.1) is 0 Å². The summed E-state index contributed by atoms with van der Waals surface area (Å²) in [6.07, 6.45) is 0.461. The first-order valence-electron chi connectivity index (χ1n) is 9.33. The Balaban J connectivity index is 1.74. The van der Waals surface area contributed by atoms with Crippen molar-refractivity contribution in [3.05, 3.63) is 101 Å².